The summed E-state index contributed by atoms with van der Waals surface area (Å²) in [6.45, 7) is 0. The molecule has 0 amide bonds. The second-order valence-corrected chi connectivity index (χ2v) is 4.77. The second kappa shape index (κ2) is 5.33. The number of rotatable bonds is 1. The van der Waals surface area contributed by atoms with Crippen LogP contribution >= 0.6 is 0 Å². The van der Waals surface area contributed by atoms with Gasteiger partial charge in [-0.05, 0) is 0 Å². The van der Waals surface area contributed by atoms with E-state index in [9.17, 15) is 44.8 Å². The third-order valence-electron chi connectivity index (χ3n) is 3.54. The maximum Gasteiger partial charge on any atom is 0.247 e. The summed E-state index contributed by atoms with van der Waals surface area (Å²) in [7, 11) is 0. The van der Waals surface area contributed by atoms with Crippen LogP contribution < -0.4 is 4.94 Å². The number of fused-ring (bicyclic) bond motifs is 2. The van der Waals surface area contributed by atoms with Gasteiger partial charge in [0.15, 0.2) is 34.8 Å². The molecule has 25 heavy (non-hydrogen) atoms. The molecular formula is C14HF9O2. The fourth-order valence-electron chi connectivity index (χ4n) is 2.44. The summed E-state index contributed by atoms with van der Waals surface area (Å²) < 4.78 is 123. The van der Waals surface area contributed by atoms with Crippen LogP contribution in [0.25, 0.3) is 21.5 Å². The van der Waals surface area contributed by atoms with Crippen LogP contribution in [0.3, 0.4) is 0 Å². The van der Waals surface area contributed by atoms with Gasteiger partial charge in [-0.2, -0.15) is 4.39 Å². The van der Waals surface area contributed by atoms with Crippen molar-refractivity contribution in [1.29, 1.82) is 0 Å². The third kappa shape index (κ3) is 1.94. The van der Waals surface area contributed by atoms with Crippen molar-refractivity contribution in [2.75, 3.05) is 0 Å². The van der Waals surface area contributed by atoms with Crippen molar-refractivity contribution in [2.45, 2.75) is 0 Å². The van der Waals surface area contributed by atoms with E-state index in [2.05, 4.69) is 4.94 Å². The van der Waals surface area contributed by atoms with Crippen molar-refractivity contribution in [2.24, 2.45) is 0 Å². The van der Waals surface area contributed by atoms with Crippen molar-refractivity contribution in [3.63, 3.8) is 0 Å². The van der Waals surface area contributed by atoms with Gasteiger partial charge in [-0.1, -0.05) is 0 Å². The van der Waals surface area contributed by atoms with E-state index in [0.29, 0.717) is 0 Å². The first-order valence-corrected chi connectivity index (χ1v) is 6.09. The summed E-state index contributed by atoms with van der Waals surface area (Å²) in [5.41, 5.74) is 0. The quantitative estimate of drug-likeness (QED) is 0.280. The molecule has 0 aromatic heterocycles. The van der Waals surface area contributed by atoms with E-state index in [1.807, 2.05) is 0 Å². The van der Waals surface area contributed by atoms with Crippen molar-refractivity contribution in [3.8, 4) is 11.5 Å². The zero-order chi connectivity index (χ0) is 18.8. The molecule has 0 radical (unpaired) electrons. The van der Waals surface area contributed by atoms with Gasteiger partial charge < -0.3 is 5.11 Å². The number of benzene rings is 3. The lowest BCUT2D eigenvalue weighted by molar-refractivity contribution is -0.0153. The van der Waals surface area contributed by atoms with Gasteiger partial charge in [0.05, 0.1) is 21.5 Å². The molecule has 3 aromatic carbocycles. The van der Waals surface area contributed by atoms with Crippen LogP contribution in [-0.4, -0.2) is 5.11 Å². The smallest absolute Gasteiger partial charge is 0.247 e. The van der Waals surface area contributed by atoms with Gasteiger partial charge in [-0.25, -0.2) is 30.7 Å². The molecule has 0 bridgehead atoms. The zero-order valence-corrected chi connectivity index (χ0v) is 11.3. The Morgan fingerprint density at radius 1 is 0.480 bits per heavy atom. The molecule has 0 atom stereocenters. The van der Waals surface area contributed by atoms with Gasteiger partial charge in [0.1, 0.15) is 11.6 Å². The lowest BCUT2D eigenvalue weighted by Crippen LogP contribution is -2.05. The van der Waals surface area contributed by atoms with E-state index in [1.165, 1.54) is 0 Å². The summed E-state index contributed by atoms with van der Waals surface area (Å²) in [6, 6.07) is 0. The van der Waals surface area contributed by atoms with E-state index in [0.717, 1.165) is 0 Å². The molecule has 1 N–H and O–H groups in total. The van der Waals surface area contributed by atoms with E-state index >= 15 is 0 Å². The third-order valence-corrected chi connectivity index (χ3v) is 3.54. The second-order valence-electron chi connectivity index (χ2n) is 4.77. The van der Waals surface area contributed by atoms with E-state index in [4.69, 9.17) is 0 Å². The first kappa shape index (κ1) is 17.0. The number of phenols is 1. The van der Waals surface area contributed by atoms with Crippen LogP contribution in [0.1, 0.15) is 0 Å². The molecule has 0 unspecified atom stereocenters. The van der Waals surface area contributed by atoms with Crippen LogP contribution in [0.2, 0.25) is 0 Å². The molecule has 2 nitrogen and oxygen atoms in total. The van der Waals surface area contributed by atoms with Crippen molar-refractivity contribution >= 4 is 21.5 Å². The standard InChI is InChI=1S/C14HF9O2/c15-5-1-2(8(18)11(21)10(20)7(1)17)6(16)4-3(5)9(19)14(25-23)12(22)13(4)24/h24H. The summed E-state index contributed by atoms with van der Waals surface area (Å²) in [6.07, 6.45) is 0. The van der Waals surface area contributed by atoms with Crippen LogP contribution in [0.4, 0.5) is 39.6 Å². The predicted molar refractivity (Wildman–Crippen MR) is 64.5 cm³/mol. The zero-order valence-electron chi connectivity index (χ0n) is 11.3. The minimum absolute atomic E-state index is 1.69. The Bertz CT molecular complexity index is 1080. The number of aromatic hydroxyl groups is 1. The Morgan fingerprint density at radius 2 is 0.880 bits per heavy atom. The first-order chi connectivity index (χ1) is 11.6. The highest BCUT2D eigenvalue weighted by atomic mass is 19.3. The number of hydrogen-bond donors (Lipinski definition) is 1. The normalized spacial score (nSPS) is 11.6. The van der Waals surface area contributed by atoms with Crippen LogP contribution in [-0.2, 0) is 0 Å². The highest BCUT2D eigenvalue weighted by Gasteiger charge is 2.33. The minimum Gasteiger partial charge on any atom is -0.504 e. The fourth-order valence-corrected chi connectivity index (χ4v) is 2.44. The molecular weight excluding hydrogens is 371 g/mol. The van der Waals surface area contributed by atoms with Gasteiger partial charge in [-0.15, -0.1) is 0 Å². The van der Waals surface area contributed by atoms with E-state index in [1.54, 1.807) is 0 Å². The Labute approximate surface area is 130 Å². The summed E-state index contributed by atoms with van der Waals surface area (Å²) in [5.74, 6) is -22.8. The maximum absolute atomic E-state index is 14.4. The molecule has 0 spiro atoms. The summed E-state index contributed by atoms with van der Waals surface area (Å²) >= 11 is 0. The molecule has 3 aromatic rings. The van der Waals surface area contributed by atoms with Gasteiger partial charge >= 0.3 is 0 Å². The molecule has 132 valence electrons. The highest BCUT2D eigenvalue weighted by molar-refractivity contribution is 6.04. The lowest BCUT2D eigenvalue weighted by atomic mass is 9.98. The van der Waals surface area contributed by atoms with Gasteiger partial charge in [0.2, 0.25) is 11.6 Å². The molecule has 0 saturated heterocycles. The number of phenolic OH excluding ortho intramolecular Hbond substituents is 1. The number of halogens is 9. The molecule has 0 saturated carbocycles. The molecule has 11 heteroatoms. The van der Waals surface area contributed by atoms with Crippen molar-refractivity contribution in [1.82, 2.24) is 0 Å². The van der Waals surface area contributed by atoms with Crippen molar-refractivity contribution < 1.29 is 49.7 Å². The number of hydrogen-bond acceptors (Lipinski definition) is 2. The Morgan fingerprint density at radius 3 is 1.32 bits per heavy atom. The van der Waals surface area contributed by atoms with Crippen LogP contribution in [0, 0.1) is 46.5 Å². The van der Waals surface area contributed by atoms with Crippen LogP contribution in [0.15, 0.2) is 0 Å². The topological polar surface area (TPSA) is 29.5 Å². The average molecular weight is 372 g/mol. The SMILES string of the molecule is Oc1c(F)c(OF)c(F)c2c(F)c3c(F)c(F)c(F)c(F)c3c(F)c12. The van der Waals surface area contributed by atoms with Gasteiger partial charge in [0, 0.05) is 4.53 Å². The summed E-state index contributed by atoms with van der Waals surface area (Å²) in [4.78, 5) is 2.77. The highest BCUT2D eigenvalue weighted by Crippen LogP contribution is 2.44. The Kier molecular flexibility index (Phi) is 3.62. The molecule has 0 heterocycles. The average Bonchev–Trinajstić information content (AvgIpc) is 2.57. The first-order valence-electron chi connectivity index (χ1n) is 6.09. The van der Waals surface area contributed by atoms with Gasteiger partial charge in [-0.3, -0.25) is 4.94 Å². The van der Waals surface area contributed by atoms with E-state index in [-0.39, 0.29) is 0 Å². The Hall–Kier alpha value is -2.85. The predicted octanol–water partition coefficient (Wildman–Crippen LogP) is 5.07. The van der Waals surface area contributed by atoms with Crippen molar-refractivity contribution in [3.05, 3.63) is 46.5 Å². The monoisotopic (exact) mass is 372 g/mol. The fraction of sp³-hybridized carbons (Fsp3) is 0. The summed E-state index contributed by atoms with van der Waals surface area (Å²) in [5, 5.41) is 2.30. The van der Waals surface area contributed by atoms with E-state index < -0.39 is 79.6 Å². The molecule has 0 aliphatic heterocycles. The maximum atomic E-state index is 14.4. The minimum atomic E-state index is -2.53. The van der Waals surface area contributed by atoms with Crippen LogP contribution in [0.5, 0.6) is 11.5 Å². The molecule has 0 aliphatic rings. The van der Waals surface area contributed by atoms with Gasteiger partial charge in [0.25, 0.3) is 0 Å². The molecule has 0 aliphatic carbocycles. The largest absolute Gasteiger partial charge is 0.504 e. The lowest BCUT2D eigenvalue weighted by Gasteiger charge is -2.13. The Balaban J connectivity index is 2.79. The molecule has 3 rings (SSSR count). The molecule has 0 fully saturated rings.